The second-order valence-electron chi connectivity index (χ2n) is 8.42. The Balaban J connectivity index is 1.51. The van der Waals surface area contributed by atoms with Gasteiger partial charge in [0, 0.05) is 45.0 Å². The lowest BCUT2D eigenvalue weighted by molar-refractivity contribution is -0.132. The Labute approximate surface area is 173 Å². The highest BCUT2D eigenvalue weighted by molar-refractivity contribution is 7.89. The first-order chi connectivity index (χ1) is 13.7. The third-order valence-corrected chi connectivity index (χ3v) is 7.19. The van der Waals surface area contributed by atoms with E-state index in [0.717, 1.165) is 5.56 Å². The topological polar surface area (TPSA) is 70.6 Å². The third kappa shape index (κ3) is 5.22. The predicted octanol–water partition coefficient (Wildman–Crippen LogP) is 2.84. The molecule has 0 N–H and O–H groups in total. The van der Waals surface area contributed by atoms with Crippen molar-refractivity contribution in [3.8, 4) is 0 Å². The maximum atomic E-state index is 12.7. The Kier molecular flexibility index (Phi) is 6.39. The lowest BCUT2D eigenvalue weighted by Gasteiger charge is -2.34. The number of benzene rings is 1. The van der Waals surface area contributed by atoms with Gasteiger partial charge in [0.15, 0.2) is 0 Å². The molecule has 2 aromatic rings. The van der Waals surface area contributed by atoms with Gasteiger partial charge in [-0.2, -0.15) is 4.31 Å². The number of aromatic nitrogens is 1. The van der Waals surface area contributed by atoms with Crippen LogP contribution in [0.5, 0.6) is 0 Å². The van der Waals surface area contributed by atoms with Crippen LogP contribution in [0.15, 0.2) is 53.7 Å². The number of amides is 1. The average Bonchev–Trinajstić information content (AvgIpc) is 2.72. The smallest absolute Gasteiger partial charge is 0.244 e. The third-order valence-electron chi connectivity index (χ3n) is 5.31. The fourth-order valence-corrected chi connectivity index (χ4v) is 4.79. The molecule has 0 spiro atoms. The molecule has 1 fully saturated rings. The summed E-state index contributed by atoms with van der Waals surface area (Å²) in [6.45, 7) is 7.99. The number of aryl methyl sites for hydroxylation is 1. The monoisotopic (exact) mass is 415 g/mol. The van der Waals surface area contributed by atoms with Gasteiger partial charge in [0.1, 0.15) is 4.90 Å². The molecule has 0 unspecified atom stereocenters. The van der Waals surface area contributed by atoms with Crippen molar-refractivity contribution in [3.05, 3.63) is 59.9 Å². The van der Waals surface area contributed by atoms with Crippen LogP contribution in [-0.2, 0) is 26.7 Å². The largest absolute Gasteiger partial charge is 0.340 e. The van der Waals surface area contributed by atoms with E-state index in [1.165, 1.54) is 16.1 Å². The van der Waals surface area contributed by atoms with Gasteiger partial charge in [-0.15, -0.1) is 0 Å². The number of hydrogen-bond acceptors (Lipinski definition) is 4. The molecule has 1 amide bonds. The van der Waals surface area contributed by atoms with E-state index >= 15 is 0 Å². The minimum Gasteiger partial charge on any atom is -0.340 e. The lowest BCUT2D eigenvalue weighted by Crippen LogP contribution is -2.50. The Hall–Kier alpha value is -2.25. The van der Waals surface area contributed by atoms with Gasteiger partial charge in [0.05, 0.1) is 0 Å². The van der Waals surface area contributed by atoms with Crippen molar-refractivity contribution >= 4 is 15.9 Å². The molecule has 7 heteroatoms. The number of nitrogens with zero attached hydrogens (tertiary/aromatic N) is 3. The van der Waals surface area contributed by atoms with Gasteiger partial charge in [-0.05, 0) is 35.1 Å². The van der Waals surface area contributed by atoms with E-state index < -0.39 is 10.0 Å². The minimum atomic E-state index is -3.55. The van der Waals surface area contributed by atoms with Crippen molar-refractivity contribution in [2.24, 2.45) is 0 Å². The summed E-state index contributed by atoms with van der Waals surface area (Å²) in [5.74, 6) is 0.0725. The molecule has 1 aliphatic heterocycles. The van der Waals surface area contributed by atoms with Crippen LogP contribution >= 0.6 is 0 Å². The summed E-state index contributed by atoms with van der Waals surface area (Å²) >= 11 is 0. The summed E-state index contributed by atoms with van der Waals surface area (Å²) in [5.41, 5.74) is 2.53. The first-order valence-corrected chi connectivity index (χ1v) is 11.4. The van der Waals surface area contributed by atoms with E-state index in [-0.39, 0.29) is 16.2 Å². The summed E-state index contributed by atoms with van der Waals surface area (Å²) in [6, 6.07) is 11.6. The Morgan fingerprint density at radius 3 is 2.24 bits per heavy atom. The normalized spacial score (nSPS) is 16.0. The highest BCUT2D eigenvalue weighted by Crippen LogP contribution is 2.23. The molecule has 2 heterocycles. The van der Waals surface area contributed by atoms with Gasteiger partial charge in [-0.1, -0.05) is 45.0 Å². The Bertz CT molecular complexity index is 928. The molecule has 0 radical (unpaired) electrons. The molecular weight excluding hydrogens is 386 g/mol. The predicted molar refractivity (Wildman–Crippen MR) is 113 cm³/mol. The summed E-state index contributed by atoms with van der Waals surface area (Å²) in [6.07, 6.45) is 4.03. The zero-order chi connectivity index (χ0) is 21.1. The minimum absolute atomic E-state index is 0.0725. The first kappa shape index (κ1) is 21.5. The molecule has 1 aliphatic rings. The van der Waals surface area contributed by atoms with Crippen molar-refractivity contribution in [1.82, 2.24) is 14.2 Å². The lowest BCUT2D eigenvalue weighted by atomic mass is 9.86. The molecule has 29 heavy (non-hydrogen) atoms. The van der Waals surface area contributed by atoms with E-state index in [4.69, 9.17) is 0 Å². The van der Waals surface area contributed by atoms with Gasteiger partial charge in [0.25, 0.3) is 0 Å². The second kappa shape index (κ2) is 8.63. The van der Waals surface area contributed by atoms with E-state index in [1.54, 1.807) is 23.2 Å². The average molecular weight is 416 g/mol. The quantitative estimate of drug-likeness (QED) is 0.753. The zero-order valence-electron chi connectivity index (χ0n) is 17.3. The van der Waals surface area contributed by atoms with Crippen LogP contribution in [0, 0.1) is 0 Å². The van der Waals surface area contributed by atoms with E-state index in [0.29, 0.717) is 39.0 Å². The molecule has 0 aliphatic carbocycles. The van der Waals surface area contributed by atoms with Crippen LogP contribution in [0.4, 0.5) is 0 Å². The number of rotatable bonds is 5. The SMILES string of the molecule is CC(C)(C)c1ccc(CCC(=O)N2CCN(S(=O)(=O)c3cccnc3)CC2)cc1. The van der Waals surface area contributed by atoms with Gasteiger partial charge >= 0.3 is 0 Å². The molecule has 0 atom stereocenters. The number of sulfonamides is 1. The van der Waals surface area contributed by atoms with Crippen molar-refractivity contribution in [2.45, 2.75) is 43.9 Å². The van der Waals surface area contributed by atoms with Gasteiger partial charge in [0.2, 0.25) is 15.9 Å². The molecule has 1 saturated heterocycles. The van der Waals surface area contributed by atoms with Crippen molar-refractivity contribution < 1.29 is 13.2 Å². The molecule has 0 saturated carbocycles. The Morgan fingerprint density at radius 1 is 1.03 bits per heavy atom. The fourth-order valence-electron chi connectivity index (χ4n) is 3.41. The first-order valence-electron chi connectivity index (χ1n) is 9.95. The zero-order valence-corrected chi connectivity index (χ0v) is 18.2. The summed E-state index contributed by atoms with van der Waals surface area (Å²) in [4.78, 5) is 18.4. The van der Waals surface area contributed by atoms with Crippen molar-refractivity contribution in [3.63, 3.8) is 0 Å². The second-order valence-corrected chi connectivity index (χ2v) is 10.4. The van der Waals surface area contributed by atoms with Crippen LogP contribution in [-0.4, -0.2) is 54.7 Å². The van der Waals surface area contributed by atoms with E-state index in [2.05, 4.69) is 50.0 Å². The molecule has 0 bridgehead atoms. The molecule has 6 nitrogen and oxygen atoms in total. The van der Waals surface area contributed by atoms with Crippen LogP contribution in [0.1, 0.15) is 38.3 Å². The molecule has 3 rings (SSSR count). The number of carbonyl (C=O) groups is 1. The van der Waals surface area contributed by atoms with Crippen molar-refractivity contribution in [1.29, 1.82) is 0 Å². The number of carbonyl (C=O) groups excluding carboxylic acids is 1. The van der Waals surface area contributed by atoms with Crippen LogP contribution < -0.4 is 0 Å². The van der Waals surface area contributed by atoms with Crippen LogP contribution in [0.2, 0.25) is 0 Å². The highest BCUT2D eigenvalue weighted by atomic mass is 32.2. The number of pyridine rings is 1. The maximum absolute atomic E-state index is 12.7. The standard InChI is InChI=1S/C22H29N3O3S/c1-22(2,3)19-9-6-18(7-10-19)8-11-21(26)24-13-15-25(16-14-24)29(27,28)20-5-4-12-23-17-20/h4-7,9-10,12,17H,8,11,13-16H2,1-3H3. The van der Waals surface area contributed by atoms with Crippen LogP contribution in [0.25, 0.3) is 0 Å². The highest BCUT2D eigenvalue weighted by Gasteiger charge is 2.30. The molecular formula is C22H29N3O3S. The summed E-state index contributed by atoms with van der Waals surface area (Å²) in [7, 11) is -3.55. The van der Waals surface area contributed by atoms with E-state index in [9.17, 15) is 13.2 Å². The van der Waals surface area contributed by atoms with Gasteiger partial charge < -0.3 is 4.90 Å². The number of piperazine rings is 1. The van der Waals surface area contributed by atoms with Crippen LogP contribution in [0.3, 0.4) is 0 Å². The molecule has 1 aromatic heterocycles. The molecule has 156 valence electrons. The van der Waals surface area contributed by atoms with Crippen molar-refractivity contribution in [2.75, 3.05) is 26.2 Å². The van der Waals surface area contributed by atoms with Gasteiger partial charge in [-0.3, -0.25) is 9.78 Å². The fraction of sp³-hybridized carbons (Fsp3) is 0.455. The van der Waals surface area contributed by atoms with E-state index in [1.807, 2.05) is 0 Å². The summed E-state index contributed by atoms with van der Waals surface area (Å²) < 4.78 is 26.7. The number of hydrogen-bond donors (Lipinski definition) is 0. The Morgan fingerprint density at radius 2 is 1.69 bits per heavy atom. The maximum Gasteiger partial charge on any atom is 0.244 e. The summed E-state index contributed by atoms with van der Waals surface area (Å²) in [5, 5.41) is 0. The molecule has 1 aromatic carbocycles. The van der Waals surface area contributed by atoms with Gasteiger partial charge in [-0.25, -0.2) is 8.42 Å².